The predicted octanol–water partition coefficient (Wildman–Crippen LogP) is 3.09. The highest BCUT2D eigenvalue weighted by Gasteiger charge is 2.15. The molecule has 0 spiro atoms. The average molecular weight is 348 g/mol. The molecular weight excluding hydrogens is 314 g/mol. The van der Waals surface area contributed by atoms with Gasteiger partial charge >= 0.3 is 0 Å². The molecule has 25 heavy (non-hydrogen) atoms. The average Bonchev–Trinajstić information content (AvgIpc) is 2.61. The fourth-order valence-corrected chi connectivity index (χ4v) is 3.10. The lowest BCUT2D eigenvalue weighted by Crippen LogP contribution is -2.43. The summed E-state index contributed by atoms with van der Waals surface area (Å²) in [6.45, 7) is 7.71. The summed E-state index contributed by atoms with van der Waals surface area (Å²) in [5.74, 6) is 2.61. The van der Waals surface area contributed by atoms with Crippen LogP contribution in [0.5, 0.6) is 5.75 Å². The summed E-state index contributed by atoms with van der Waals surface area (Å²) in [4.78, 5) is 6.60. The number of nitrogens with zero attached hydrogens (tertiary/aromatic N) is 2. The zero-order chi connectivity index (χ0) is 18.1. The maximum absolute atomic E-state index is 5.98. The first-order chi connectivity index (χ1) is 12.1. The SMILES string of the molecule is CN=C(NCC(C)Oc1cccc(C)c1)N(C)CCC1CCOCC1. The van der Waals surface area contributed by atoms with Gasteiger partial charge in [-0.3, -0.25) is 4.99 Å². The molecule has 1 aromatic carbocycles. The molecule has 1 aliphatic heterocycles. The highest BCUT2D eigenvalue weighted by atomic mass is 16.5. The molecule has 1 saturated heterocycles. The molecule has 1 N–H and O–H groups in total. The smallest absolute Gasteiger partial charge is 0.193 e. The Hall–Kier alpha value is -1.75. The number of benzene rings is 1. The van der Waals surface area contributed by atoms with E-state index in [1.807, 2.05) is 19.2 Å². The van der Waals surface area contributed by atoms with E-state index in [9.17, 15) is 0 Å². The molecule has 5 nitrogen and oxygen atoms in total. The number of hydrogen-bond acceptors (Lipinski definition) is 3. The topological polar surface area (TPSA) is 46.1 Å². The van der Waals surface area contributed by atoms with Crippen LogP contribution in [0, 0.1) is 12.8 Å². The minimum atomic E-state index is 0.0717. The molecule has 0 saturated carbocycles. The van der Waals surface area contributed by atoms with Crippen LogP contribution in [0.15, 0.2) is 29.3 Å². The van der Waals surface area contributed by atoms with Crippen molar-refractivity contribution in [2.75, 3.05) is 40.4 Å². The maximum atomic E-state index is 5.98. The van der Waals surface area contributed by atoms with Gasteiger partial charge in [0.1, 0.15) is 11.9 Å². The number of hydrogen-bond donors (Lipinski definition) is 1. The number of ether oxygens (including phenoxy) is 2. The summed E-state index contributed by atoms with van der Waals surface area (Å²) in [7, 11) is 3.93. The number of rotatable bonds is 7. The van der Waals surface area contributed by atoms with Crippen molar-refractivity contribution in [2.45, 2.75) is 39.2 Å². The summed E-state index contributed by atoms with van der Waals surface area (Å²) in [5, 5.41) is 3.42. The lowest BCUT2D eigenvalue weighted by molar-refractivity contribution is 0.0625. The van der Waals surface area contributed by atoms with Gasteiger partial charge in [0.05, 0.1) is 6.54 Å². The summed E-state index contributed by atoms with van der Waals surface area (Å²) in [6, 6.07) is 8.16. The Labute approximate surface area is 152 Å². The molecule has 1 unspecified atom stereocenters. The van der Waals surface area contributed by atoms with Crippen molar-refractivity contribution in [2.24, 2.45) is 10.9 Å². The van der Waals surface area contributed by atoms with Gasteiger partial charge in [-0.25, -0.2) is 0 Å². The predicted molar refractivity (Wildman–Crippen MR) is 103 cm³/mol. The number of guanidine groups is 1. The minimum Gasteiger partial charge on any atom is -0.489 e. The van der Waals surface area contributed by atoms with Crippen molar-refractivity contribution >= 4 is 5.96 Å². The second kappa shape index (κ2) is 10.3. The van der Waals surface area contributed by atoms with E-state index in [0.717, 1.165) is 43.9 Å². The van der Waals surface area contributed by atoms with Crippen LogP contribution in [-0.2, 0) is 4.74 Å². The second-order valence-electron chi connectivity index (χ2n) is 6.94. The van der Waals surface area contributed by atoms with Crippen molar-refractivity contribution in [3.63, 3.8) is 0 Å². The quantitative estimate of drug-likeness (QED) is 0.608. The zero-order valence-corrected chi connectivity index (χ0v) is 16.1. The Morgan fingerprint density at radius 2 is 2.16 bits per heavy atom. The molecule has 0 aromatic heterocycles. The molecule has 2 rings (SSSR count). The highest BCUT2D eigenvalue weighted by molar-refractivity contribution is 5.79. The molecule has 0 amide bonds. The highest BCUT2D eigenvalue weighted by Crippen LogP contribution is 2.18. The van der Waals surface area contributed by atoms with E-state index in [1.165, 1.54) is 24.8 Å². The Morgan fingerprint density at radius 1 is 1.40 bits per heavy atom. The molecule has 1 atom stereocenters. The Bertz CT molecular complexity index is 541. The normalized spacial score (nSPS) is 17.2. The van der Waals surface area contributed by atoms with Crippen LogP contribution in [0.2, 0.25) is 0 Å². The largest absolute Gasteiger partial charge is 0.489 e. The minimum absolute atomic E-state index is 0.0717. The molecular formula is C20H33N3O2. The third kappa shape index (κ3) is 6.94. The van der Waals surface area contributed by atoms with E-state index in [4.69, 9.17) is 9.47 Å². The second-order valence-corrected chi connectivity index (χ2v) is 6.94. The van der Waals surface area contributed by atoms with E-state index in [1.54, 1.807) is 0 Å². The van der Waals surface area contributed by atoms with E-state index >= 15 is 0 Å². The van der Waals surface area contributed by atoms with Crippen molar-refractivity contribution in [1.29, 1.82) is 0 Å². The Balaban J connectivity index is 1.72. The van der Waals surface area contributed by atoms with Crippen molar-refractivity contribution in [3.05, 3.63) is 29.8 Å². The number of aryl methyl sites for hydroxylation is 1. The third-order valence-electron chi connectivity index (χ3n) is 4.66. The number of nitrogens with one attached hydrogen (secondary N) is 1. The van der Waals surface area contributed by atoms with Gasteiger partial charge in [0, 0.05) is 33.9 Å². The Morgan fingerprint density at radius 3 is 2.84 bits per heavy atom. The molecule has 1 aliphatic rings. The maximum Gasteiger partial charge on any atom is 0.193 e. The summed E-state index contributed by atoms with van der Waals surface area (Å²) in [5.41, 5.74) is 1.21. The standard InChI is InChI=1S/C20H33N3O2/c1-16-6-5-7-19(14-16)25-17(2)15-22-20(21-3)23(4)11-8-18-9-12-24-13-10-18/h5-7,14,17-18H,8-13,15H2,1-4H3,(H,21,22). The van der Waals surface area contributed by atoms with Gasteiger partial charge in [0.2, 0.25) is 0 Å². The number of aliphatic imine (C=N–C) groups is 1. The fourth-order valence-electron chi connectivity index (χ4n) is 3.10. The molecule has 1 heterocycles. The molecule has 1 fully saturated rings. The van der Waals surface area contributed by atoms with Gasteiger partial charge in [-0.15, -0.1) is 0 Å². The van der Waals surface area contributed by atoms with Crippen LogP contribution in [0.3, 0.4) is 0 Å². The molecule has 0 radical (unpaired) electrons. The summed E-state index contributed by atoms with van der Waals surface area (Å²) < 4.78 is 11.4. The van der Waals surface area contributed by atoms with Crippen molar-refractivity contribution in [3.8, 4) is 5.75 Å². The first-order valence-electron chi connectivity index (χ1n) is 9.31. The van der Waals surface area contributed by atoms with Crippen LogP contribution in [-0.4, -0.2) is 57.4 Å². The molecule has 0 aliphatic carbocycles. The monoisotopic (exact) mass is 347 g/mol. The van der Waals surface area contributed by atoms with Gasteiger partial charge in [-0.1, -0.05) is 12.1 Å². The van der Waals surface area contributed by atoms with Crippen LogP contribution < -0.4 is 10.1 Å². The summed E-state index contributed by atoms with van der Waals surface area (Å²) >= 11 is 0. The van der Waals surface area contributed by atoms with Gasteiger partial charge in [0.15, 0.2) is 5.96 Å². The first-order valence-corrected chi connectivity index (χ1v) is 9.31. The van der Waals surface area contributed by atoms with E-state index in [-0.39, 0.29) is 6.10 Å². The van der Waals surface area contributed by atoms with Gasteiger partial charge < -0.3 is 19.7 Å². The van der Waals surface area contributed by atoms with Crippen LogP contribution in [0.1, 0.15) is 31.7 Å². The van der Waals surface area contributed by atoms with Gasteiger partial charge in [0.25, 0.3) is 0 Å². The molecule has 0 bridgehead atoms. The van der Waals surface area contributed by atoms with Gasteiger partial charge in [-0.2, -0.15) is 0 Å². The van der Waals surface area contributed by atoms with E-state index in [0.29, 0.717) is 0 Å². The van der Waals surface area contributed by atoms with E-state index in [2.05, 4.69) is 48.2 Å². The van der Waals surface area contributed by atoms with Crippen LogP contribution >= 0.6 is 0 Å². The third-order valence-corrected chi connectivity index (χ3v) is 4.66. The molecule has 5 heteroatoms. The zero-order valence-electron chi connectivity index (χ0n) is 16.1. The van der Waals surface area contributed by atoms with Crippen molar-refractivity contribution in [1.82, 2.24) is 10.2 Å². The lowest BCUT2D eigenvalue weighted by Gasteiger charge is -2.27. The fraction of sp³-hybridized carbons (Fsp3) is 0.650. The molecule has 1 aromatic rings. The van der Waals surface area contributed by atoms with Gasteiger partial charge in [-0.05, 0) is 56.7 Å². The van der Waals surface area contributed by atoms with Crippen molar-refractivity contribution < 1.29 is 9.47 Å². The lowest BCUT2D eigenvalue weighted by atomic mass is 9.96. The van der Waals surface area contributed by atoms with Crippen LogP contribution in [0.25, 0.3) is 0 Å². The Kier molecular flexibility index (Phi) is 8.06. The van der Waals surface area contributed by atoms with Crippen LogP contribution in [0.4, 0.5) is 0 Å². The van der Waals surface area contributed by atoms with E-state index < -0.39 is 0 Å². The summed E-state index contributed by atoms with van der Waals surface area (Å²) in [6.07, 6.45) is 3.63. The first kappa shape index (κ1) is 19.6. The molecule has 140 valence electrons.